The maximum atomic E-state index is 3.75. The zero-order chi connectivity index (χ0) is 13.0. The number of aromatic nitrogens is 1. The van der Waals surface area contributed by atoms with Crippen LogP contribution in [-0.2, 0) is 12.0 Å². The summed E-state index contributed by atoms with van der Waals surface area (Å²) in [6, 6.07) is 8.81. The summed E-state index contributed by atoms with van der Waals surface area (Å²) in [7, 11) is 0. The monoisotopic (exact) mass is 255 g/mol. The molecule has 1 saturated heterocycles. The highest BCUT2D eigenvalue weighted by atomic mass is 15.2. The molecule has 1 aromatic carbocycles. The lowest BCUT2D eigenvalue weighted by Gasteiger charge is -2.46. The Morgan fingerprint density at radius 2 is 2.16 bits per heavy atom. The van der Waals surface area contributed by atoms with Crippen molar-refractivity contribution in [3.63, 3.8) is 0 Å². The van der Waals surface area contributed by atoms with E-state index in [2.05, 4.69) is 43.1 Å². The molecule has 2 N–H and O–H groups in total. The van der Waals surface area contributed by atoms with Crippen molar-refractivity contribution < 1.29 is 4.90 Å². The largest absolute Gasteiger partial charge is 0.353 e. The predicted molar refractivity (Wildman–Crippen MR) is 78.4 cm³/mol. The quantitative estimate of drug-likeness (QED) is 0.720. The molecule has 3 heterocycles. The van der Waals surface area contributed by atoms with E-state index in [1.165, 1.54) is 48.9 Å². The van der Waals surface area contributed by atoms with Crippen LogP contribution in [0.4, 0.5) is 0 Å². The van der Waals surface area contributed by atoms with Gasteiger partial charge in [-0.15, -0.1) is 0 Å². The molecule has 0 aliphatic carbocycles. The molecule has 1 unspecified atom stereocenters. The standard InChI is InChI=1S/C17H22N2/c1-12-7-9-17(2)16-14(8-10-19(17)11-12)13-5-3-4-6-15(13)18-16/h3-6,12,18H,7-11H2,1-2H3/p+1/t12-,17+/m0/s1. The van der Waals surface area contributed by atoms with E-state index >= 15 is 0 Å². The van der Waals surface area contributed by atoms with Crippen LogP contribution in [0.25, 0.3) is 10.9 Å². The number of benzene rings is 1. The van der Waals surface area contributed by atoms with Gasteiger partial charge in [0.05, 0.1) is 18.8 Å². The molecule has 2 heteroatoms. The lowest BCUT2D eigenvalue weighted by Crippen LogP contribution is -3.20. The molecule has 100 valence electrons. The van der Waals surface area contributed by atoms with E-state index < -0.39 is 0 Å². The highest BCUT2D eigenvalue weighted by Gasteiger charge is 2.47. The number of hydrogen-bond donors (Lipinski definition) is 2. The zero-order valence-corrected chi connectivity index (χ0v) is 11.9. The number of hydrogen-bond acceptors (Lipinski definition) is 0. The maximum Gasteiger partial charge on any atom is 0.136 e. The summed E-state index contributed by atoms with van der Waals surface area (Å²) in [5, 5.41) is 1.45. The molecule has 0 radical (unpaired) electrons. The van der Waals surface area contributed by atoms with Crippen molar-refractivity contribution in [3.05, 3.63) is 35.5 Å². The summed E-state index contributed by atoms with van der Waals surface area (Å²) in [6.07, 6.45) is 3.93. The Morgan fingerprint density at radius 1 is 1.32 bits per heavy atom. The van der Waals surface area contributed by atoms with Crippen LogP contribution in [-0.4, -0.2) is 18.1 Å². The third kappa shape index (κ3) is 1.53. The van der Waals surface area contributed by atoms with Gasteiger partial charge in [0, 0.05) is 29.7 Å². The molecular formula is C17H23N2+. The number of aromatic amines is 1. The van der Waals surface area contributed by atoms with Crippen molar-refractivity contribution in [1.82, 2.24) is 4.98 Å². The van der Waals surface area contributed by atoms with E-state index in [9.17, 15) is 0 Å². The number of para-hydroxylation sites is 1. The van der Waals surface area contributed by atoms with E-state index in [-0.39, 0.29) is 0 Å². The topological polar surface area (TPSA) is 20.2 Å². The molecule has 2 aromatic rings. The smallest absolute Gasteiger partial charge is 0.136 e. The highest BCUT2D eigenvalue weighted by molar-refractivity contribution is 5.85. The molecule has 0 bridgehead atoms. The Hall–Kier alpha value is -1.28. The number of piperidine rings is 1. The Bertz CT molecular complexity index is 627. The number of quaternary nitrogens is 1. The summed E-state index contributed by atoms with van der Waals surface area (Å²) in [5.41, 5.74) is 4.77. The van der Waals surface area contributed by atoms with Crippen LogP contribution >= 0.6 is 0 Å². The van der Waals surface area contributed by atoms with Crippen LogP contribution in [0.1, 0.15) is 37.9 Å². The minimum Gasteiger partial charge on any atom is -0.353 e. The summed E-state index contributed by atoms with van der Waals surface area (Å²) in [4.78, 5) is 5.55. The van der Waals surface area contributed by atoms with Crippen LogP contribution < -0.4 is 4.90 Å². The second-order valence-corrected chi connectivity index (χ2v) is 6.81. The average Bonchev–Trinajstić information content (AvgIpc) is 2.80. The third-order valence-corrected chi connectivity index (χ3v) is 5.55. The molecule has 2 nitrogen and oxygen atoms in total. The van der Waals surface area contributed by atoms with Crippen molar-refractivity contribution in [1.29, 1.82) is 0 Å². The molecule has 0 amide bonds. The Balaban J connectivity index is 1.90. The zero-order valence-electron chi connectivity index (χ0n) is 11.9. The van der Waals surface area contributed by atoms with E-state index in [4.69, 9.17) is 0 Å². The van der Waals surface area contributed by atoms with Gasteiger partial charge in [0.25, 0.3) is 0 Å². The minimum atomic E-state index is 0.319. The first-order valence-corrected chi connectivity index (χ1v) is 7.64. The predicted octanol–water partition coefficient (Wildman–Crippen LogP) is 2.25. The molecular weight excluding hydrogens is 232 g/mol. The van der Waals surface area contributed by atoms with Crippen LogP contribution in [0.3, 0.4) is 0 Å². The molecule has 2 aliphatic heterocycles. The maximum absolute atomic E-state index is 3.75. The number of fused-ring (bicyclic) bond motifs is 5. The molecule has 2 aliphatic rings. The Morgan fingerprint density at radius 3 is 3.05 bits per heavy atom. The van der Waals surface area contributed by atoms with Crippen LogP contribution in [0, 0.1) is 5.92 Å². The number of rotatable bonds is 0. The van der Waals surface area contributed by atoms with E-state index in [0.717, 1.165) is 5.92 Å². The molecule has 4 rings (SSSR count). The van der Waals surface area contributed by atoms with Gasteiger partial charge in [0.15, 0.2) is 0 Å². The molecule has 1 fully saturated rings. The molecule has 1 aromatic heterocycles. The van der Waals surface area contributed by atoms with Crippen molar-refractivity contribution in [3.8, 4) is 0 Å². The Labute approximate surface area is 114 Å². The van der Waals surface area contributed by atoms with Gasteiger partial charge in [0.1, 0.15) is 5.54 Å². The number of nitrogens with one attached hydrogen (secondary N) is 2. The highest BCUT2D eigenvalue weighted by Crippen LogP contribution is 2.36. The van der Waals surface area contributed by atoms with E-state index in [0.29, 0.717) is 5.54 Å². The SMILES string of the molecule is C[C@H]1CC[C@]2(C)c3[nH]c4ccccc4c3CC[NH+]2C1. The summed E-state index contributed by atoms with van der Waals surface area (Å²) in [5.74, 6) is 0.883. The Kier molecular flexibility index (Phi) is 2.34. The van der Waals surface area contributed by atoms with Gasteiger partial charge < -0.3 is 9.88 Å². The van der Waals surface area contributed by atoms with Gasteiger partial charge in [-0.2, -0.15) is 0 Å². The van der Waals surface area contributed by atoms with Crippen molar-refractivity contribution in [2.24, 2.45) is 5.92 Å². The first-order chi connectivity index (χ1) is 9.18. The van der Waals surface area contributed by atoms with Gasteiger partial charge in [-0.05, 0) is 25.0 Å². The van der Waals surface area contributed by atoms with E-state index in [1.54, 1.807) is 10.5 Å². The van der Waals surface area contributed by atoms with Crippen LogP contribution in [0.5, 0.6) is 0 Å². The fraction of sp³-hybridized carbons (Fsp3) is 0.529. The fourth-order valence-electron chi connectivity index (χ4n) is 4.35. The fourth-order valence-corrected chi connectivity index (χ4v) is 4.35. The second kappa shape index (κ2) is 3.86. The molecule has 19 heavy (non-hydrogen) atoms. The summed E-state index contributed by atoms with van der Waals surface area (Å²) < 4.78 is 0. The normalized spacial score (nSPS) is 34.0. The minimum absolute atomic E-state index is 0.319. The van der Waals surface area contributed by atoms with Crippen molar-refractivity contribution >= 4 is 10.9 Å². The van der Waals surface area contributed by atoms with Crippen LogP contribution in [0.15, 0.2) is 24.3 Å². The third-order valence-electron chi connectivity index (χ3n) is 5.55. The summed E-state index contributed by atoms with van der Waals surface area (Å²) >= 11 is 0. The van der Waals surface area contributed by atoms with Gasteiger partial charge >= 0.3 is 0 Å². The average molecular weight is 255 g/mol. The first-order valence-electron chi connectivity index (χ1n) is 7.64. The van der Waals surface area contributed by atoms with Gasteiger partial charge in [-0.3, -0.25) is 0 Å². The lowest BCUT2D eigenvalue weighted by atomic mass is 9.77. The molecule has 3 atom stereocenters. The van der Waals surface area contributed by atoms with Gasteiger partial charge in [-0.25, -0.2) is 0 Å². The van der Waals surface area contributed by atoms with Crippen molar-refractivity contribution in [2.45, 2.75) is 38.6 Å². The summed E-state index contributed by atoms with van der Waals surface area (Å²) in [6.45, 7) is 7.52. The first kappa shape index (κ1) is 11.5. The van der Waals surface area contributed by atoms with E-state index in [1.807, 2.05) is 0 Å². The van der Waals surface area contributed by atoms with Crippen molar-refractivity contribution in [2.75, 3.05) is 13.1 Å². The van der Waals surface area contributed by atoms with Crippen LogP contribution in [0.2, 0.25) is 0 Å². The molecule has 0 spiro atoms. The van der Waals surface area contributed by atoms with Gasteiger partial charge in [-0.1, -0.05) is 25.1 Å². The lowest BCUT2D eigenvalue weighted by molar-refractivity contribution is -0.970. The molecule has 0 saturated carbocycles. The van der Waals surface area contributed by atoms with Gasteiger partial charge in [0.2, 0.25) is 0 Å². The second-order valence-electron chi connectivity index (χ2n) is 6.81. The number of H-pyrrole nitrogens is 1.